The van der Waals surface area contributed by atoms with Crippen LogP contribution in [-0.4, -0.2) is 37.4 Å². The molecule has 0 fully saturated rings. The third-order valence-electron chi connectivity index (χ3n) is 3.22. The molecule has 0 saturated carbocycles. The summed E-state index contributed by atoms with van der Waals surface area (Å²) in [6, 6.07) is 5.57. The van der Waals surface area contributed by atoms with E-state index in [2.05, 4.69) is 15.0 Å². The van der Waals surface area contributed by atoms with E-state index in [1.165, 1.54) is 28.4 Å². The molecule has 0 aliphatic heterocycles. The number of carbonyl (C=O) groups is 1. The van der Waals surface area contributed by atoms with E-state index in [1.807, 2.05) is 12.3 Å². The van der Waals surface area contributed by atoms with Crippen LogP contribution in [0.3, 0.4) is 0 Å². The monoisotopic (exact) mass is 382 g/mol. The first kappa shape index (κ1) is 19.4. The van der Waals surface area contributed by atoms with Crippen LogP contribution < -0.4 is 10.0 Å². The maximum Gasteiger partial charge on any atom is 0.321 e. The fourth-order valence-electron chi connectivity index (χ4n) is 2.11. The van der Waals surface area contributed by atoms with Crippen molar-refractivity contribution in [3.05, 3.63) is 40.3 Å². The molecule has 9 heteroatoms. The number of sulfonamides is 1. The minimum Gasteiger partial charge on any atom is -0.322 e. The summed E-state index contributed by atoms with van der Waals surface area (Å²) in [4.78, 5) is 18.2. The number of anilines is 1. The van der Waals surface area contributed by atoms with Gasteiger partial charge in [0.15, 0.2) is 0 Å². The summed E-state index contributed by atoms with van der Waals surface area (Å²) in [5, 5.41) is 5.61. The van der Waals surface area contributed by atoms with Gasteiger partial charge in [0.1, 0.15) is 0 Å². The summed E-state index contributed by atoms with van der Waals surface area (Å²) >= 11 is 1.54. The lowest BCUT2D eigenvalue weighted by atomic mass is 10.3. The first-order chi connectivity index (χ1) is 11.7. The van der Waals surface area contributed by atoms with E-state index in [-0.39, 0.29) is 17.0 Å². The predicted octanol–water partition coefficient (Wildman–Crippen LogP) is 2.80. The quantitative estimate of drug-likeness (QED) is 0.804. The topological polar surface area (TPSA) is 91.4 Å². The summed E-state index contributed by atoms with van der Waals surface area (Å²) < 4.78 is 26.7. The summed E-state index contributed by atoms with van der Waals surface area (Å²) in [7, 11) is -1.86. The second kappa shape index (κ2) is 7.94. The van der Waals surface area contributed by atoms with Crippen molar-refractivity contribution in [1.29, 1.82) is 0 Å². The first-order valence-corrected chi connectivity index (χ1v) is 10.1. The number of amides is 2. The number of aromatic nitrogens is 1. The Kier molecular flexibility index (Phi) is 6.15. The fraction of sp³-hybridized carbons (Fsp3) is 0.375. The molecule has 0 aliphatic carbocycles. The van der Waals surface area contributed by atoms with Crippen LogP contribution in [0.15, 0.2) is 34.5 Å². The van der Waals surface area contributed by atoms with E-state index < -0.39 is 10.0 Å². The van der Waals surface area contributed by atoms with Crippen molar-refractivity contribution in [1.82, 2.24) is 14.6 Å². The van der Waals surface area contributed by atoms with Gasteiger partial charge in [-0.15, -0.1) is 11.3 Å². The van der Waals surface area contributed by atoms with Crippen molar-refractivity contribution in [3.63, 3.8) is 0 Å². The summed E-state index contributed by atoms with van der Waals surface area (Å²) in [5.74, 6) is 0. The molecule has 25 heavy (non-hydrogen) atoms. The smallest absolute Gasteiger partial charge is 0.321 e. The van der Waals surface area contributed by atoms with Crippen LogP contribution in [0.5, 0.6) is 0 Å². The molecular formula is C16H22N4O3S2. The van der Waals surface area contributed by atoms with Crippen LogP contribution in [0.25, 0.3) is 0 Å². The van der Waals surface area contributed by atoms with Crippen LogP contribution >= 0.6 is 11.3 Å². The molecule has 1 aromatic heterocycles. The minimum atomic E-state index is -3.54. The molecule has 0 atom stereocenters. The van der Waals surface area contributed by atoms with Gasteiger partial charge >= 0.3 is 6.03 Å². The molecule has 0 spiro atoms. The standard InChI is InChI=1S/C16H22N4O3S2/c1-11(2)19-25(22,23)15-7-5-13(6-8-15)18-16(21)20(4)9-14-10-24-12(3)17-14/h5-8,10-11,19H,9H2,1-4H3,(H,18,21). The van der Waals surface area contributed by atoms with Gasteiger partial charge in [0.05, 0.1) is 22.1 Å². The summed E-state index contributed by atoms with van der Waals surface area (Å²) in [6.07, 6.45) is 0. The third-order valence-corrected chi connectivity index (χ3v) is 5.72. The van der Waals surface area contributed by atoms with E-state index in [9.17, 15) is 13.2 Å². The second-order valence-electron chi connectivity index (χ2n) is 5.94. The van der Waals surface area contributed by atoms with Crippen LogP contribution in [0.1, 0.15) is 24.5 Å². The normalized spacial score (nSPS) is 11.6. The Balaban J connectivity index is 1.99. The van der Waals surface area contributed by atoms with E-state index in [0.717, 1.165) is 10.7 Å². The number of nitrogens with one attached hydrogen (secondary N) is 2. The maximum absolute atomic E-state index is 12.2. The molecule has 2 aromatic rings. The zero-order chi connectivity index (χ0) is 18.6. The molecule has 136 valence electrons. The minimum absolute atomic E-state index is 0.158. The highest BCUT2D eigenvalue weighted by atomic mass is 32.2. The molecule has 2 amide bonds. The van der Waals surface area contributed by atoms with E-state index in [4.69, 9.17) is 0 Å². The molecule has 0 bridgehead atoms. The molecule has 2 N–H and O–H groups in total. The molecule has 0 radical (unpaired) electrons. The Labute approximate surface area is 152 Å². The van der Waals surface area contributed by atoms with Crippen LogP contribution in [0.2, 0.25) is 0 Å². The number of thiazole rings is 1. The molecule has 0 aliphatic rings. The highest BCUT2D eigenvalue weighted by Gasteiger charge is 2.16. The largest absolute Gasteiger partial charge is 0.322 e. The molecule has 0 unspecified atom stereocenters. The number of hydrogen-bond acceptors (Lipinski definition) is 5. The number of hydrogen-bond donors (Lipinski definition) is 2. The molecule has 2 rings (SSSR count). The van der Waals surface area contributed by atoms with Crippen molar-refractivity contribution in [2.45, 2.75) is 38.3 Å². The van der Waals surface area contributed by atoms with Gasteiger partial charge in [-0.05, 0) is 45.0 Å². The van der Waals surface area contributed by atoms with Crippen molar-refractivity contribution in [2.24, 2.45) is 0 Å². The predicted molar refractivity (Wildman–Crippen MR) is 99.2 cm³/mol. The van der Waals surface area contributed by atoms with E-state index in [0.29, 0.717) is 12.2 Å². The zero-order valence-electron chi connectivity index (χ0n) is 14.6. The lowest BCUT2D eigenvalue weighted by Gasteiger charge is -2.17. The average Bonchev–Trinajstić information content (AvgIpc) is 2.91. The molecular weight excluding hydrogens is 360 g/mol. The molecule has 1 aromatic carbocycles. The Morgan fingerprint density at radius 1 is 1.28 bits per heavy atom. The van der Waals surface area contributed by atoms with Crippen molar-refractivity contribution in [3.8, 4) is 0 Å². The molecule has 7 nitrogen and oxygen atoms in total. The highest BCUT2D eigenvalue weighted by Crippen LogP contribution is 2.15. The summed E-state index contributed by atoms with van der Waals surface area (Å²) in [6.45, 7) is 5.83. The number of rotatable bonds is 6. The Morgan fingerprint density at radius 2 is 1.92 bits per heavy atom. The average molecular weight is 383 g/mol. The van der Waals surface area contributed by atoms with Crippen molar-refractivity contribution < 1.29 is 13.2 Å². The van der Waals surface area contributed by atoms with Gasteiger partial charge < -0.3 is 10.2 Å². The number of benzene rings is 1. The zero-order valence-corrected chi connectivity index (χ0v) is 16.2. The molecule has 0 saturated heterocycles. The number of nitrogens with zero attached hydrogens (tertiary/aromatic N) is 2. The molecule has 1 heterocycles. The van der Waals surface area contributed by atoms with Gasteiger partial charge in [0, 0.05) is 24.2 Å². The van der Waals surface area contributed by atoms with Gasteiger partial charge in [-0.1, -0.05) is 0 Å². The van der Waals surface area contributed by atoms with E-state index >= 15 is 0 Å². The van der Waals surface area contributed by atoms with Crippen molar-refractivity contribution in [2.75, 3.05) is 12.4 Å². The van der Waals surface area contributed by atoms with Gasteiger partial charge in [0.2, 0.25) is 10.0 Å². The van der Waals surface area contributed by atoms with Crippen LogP contribution in [-0.2, 0) is 16.6 Å². The summed E-state index contributed by atoms with van der Waals surface area (Å²) in [5.41, 5.74) is 1.36. The van der Waals surface area contributed by atoms with Crippen LogP contribution in [0.4, 0.5) is 10.5 Å². The third kappa shape index (κ3) is 5.52. The second-order valence-corrected chi connectivity index (χ2v) is 8.72. The van der Waals surface area contributed by atoms with Gasteiger partial charge in [0.25, 0.3) is 0 Å². The van der Waals surface area contributed by atoms with Crippen molar-refractivity contribution >= 4 is 33.1 Å². The lowest BCUT2D eigenvalue weighted by molar-refractivity contribution is 0.220. The van der Waals surface area contributed by atoms with Gasteiger partial charge in [-0.25, -0.2) is 22.9 Å². The number of carbonyl (C=O) groups excluding carboxylic acids is 1. The Morgan fingerprint density at radius 3 is 2.44 bits per heavy atom. The van der Waals surface area contributed by atoms with E-state index in [1.54, 1.807) is 33.0 Å². The lowest BCUT2D eigenvalue weighted by Crippen LogP contribution is -2.31. The Bertz CT molecular complexity index is 829. The van der Waals surface area contributed by atoms with Gasteiger partial charge in [-0.3, -0.25) is 0 Å². The SMILES string of the molecule is Cc1nc(CN(C)C(=O)Nc2ccc(S(=O)(=O)NC(C)C)cc2)cs1. The first-order valence-electron chi connectivity index (χ1n) is 7.73. The highest BCUT2D eigenvalue weighted by molar-refractivity contribution is 7.89. The fourth-order valence-corrected chi connectivity index (χ4v) is 3.97. The number of urea groups is 1. The maximum atomic E-state index is 12.2. The van der Waals surface area contributed by atoms with Gasteiger partial charge in [-0.2, -0.15) is 0 Å². The van der Waals surface area contributed by atoms with Crippen LogP contribution in [0, 0.1) is 6.92 Å². The number of aryl methyl sites for hydroxylation is 1. The Hall–Kier alpha value is -1.97.